The fourth-order valence-corrected chi connectivity index (χ4v) is 2.45. The van der Waals surface area contributed by atoms with Gasteiger partial charge < -0.3 is 15.6 Å². The zero-order valence-corrected chi connectivity index (χ0v) is 12.6. The Morgan fingerprint density at radius 1 is 1.25 bits per heavy atom. The summed E-state index contributed by atoms with van der Waals surface area (Å²) in [7, 11) is 0. The van der Waals surface area contributed by atoms with E-state index in [0.29, 0.717) is 18.4 Å². The lowest BCUT2D eigenvalue weighted by molar-refractivity contribution is 0.129. The lowest BCUT2D eigenvalue weighted by atomic mass is 9.90. The molecule has 3 heteroatoms. The molecule has 20 heavy (non-hydrogen) atoms. The van der Waals surface area contributed by atoms with Gasteiger partial charge in [-0.1, -0.05) is 38.8 Å². The molecule has 0 aliphatic heterocycles. The van der Waals surface area contributed by atoms with Crippen LogP contribution in [-0.4, -0.2) is 24.4 Å². The van der Waals surface area contributed by atoms with E-state index in [-0.39, 0.29) is 12.0 Å². The third-order valence-corrected chi connectivity index (χ3v) is 3.88. The van der Waals surface area contributed by atoms with Gasteiger partial charge in [0.25, 0.3) is 0 Å². The number of hydrogen-bond donors (Lipinski definition) is 2. The second-order valence-electron chi connectivity index (χ2n) is 6.36. The van der Waals surface area contributed by atoms with Crippen molar-refractivity contribution in [3.05, 3.63) is 29.8 Å². The highest BCUT2D eigenvalue weighted by molar-refractivity contribution is 5.30. The molecular weight excluding hydrogens is 250 g/mol. The highest BCUT2D eigenvalue weighted by Gasteiger charge is 2.29. The van der Waals surface area contributed by atoms with Crippen LogP contribution < -0.4 is 10.5 Å². The van der Waals surface area contributed by atoms with Gasteiger partial charge in [0, 0.05) is 12.5 Å². The smallest absolute Gasteiger partial charge is 0.119 e. The Morgan fingerprint density at radius 2 is 1.90 bits per heavy atom. The summed E-state index contributed by atoms with van der Waals surface area (Å²) >= 11 is 0. The Balaban J connectivity index is 1.95. The van der Waals surface area contributed by atoms with Crippen molar-refractivity contribution in [2.75, 3.05) is 13.2 Å². The minimum atomic E-state index is -0.324. The first-order valence-electron chi connectivity index (χ1n) is 7.71. The highest BCUT2D eigenvalue weighted by Crippen LogP contribution is 2.36. The predicted octanol–water partition coefficient (Wildman–Crippen LogP) is 2.92. The molecule has 1 aromatic rings. The summed E-state index contributed by atoms with van der Waals surface area (Å²) in [6, 6.07) is 8.01. The van der Waals surface area contributed by atoms with Gasteiger partial charge in [0.05, 0.1) is 12.7 Å². The number of rotatable bonds is 8. The van der Waals surface area contributed by atoms with E-state index in [1.807, 2.05) is 24.3 Å². The average Bonchev–Trinajstić information content (AvgIpc) is 3.22. The summed E-state index contributed by atoms with van der Waals surface area (Å²) < 4.78 is 5.68. The van der Waals surface area contributed by atoms with Crippen LogP contribution in [0.5, 0.6) is 5.75 Å². The molecular formula is C17H27NO2. The van der Waals surface area contributed by atoms with Gasteiger partial charge in [0.1, 0.15) is 5.75 Å². The fraction of sp³-hybridized carbons (Fsp3) is 0.647. The molecule has 2 rings (SSSR count). The maximum Gasteiger partial charge on any atom is 0.119 e. The van der Waals surface area contributed by atoms with E-state index < -0.39 is 0 Å². The molecule has 2 unspecified atom stereocenters. The second kappa shape index (κ2) is 7.09. The van der Waals surface area contributed by atoms with Crippen LogP contribution in [0.4, 0.5) is 0 Å². The molecule has 1 saturated carbocycles. The van der Waals surface area contributed by atoms with Gasteiger partial charge in [-0.25, -0.2) is 0 Å². The molecule has 0 heterocycles. The zero-order valence-electron chi connectivity index (χ0n) is 12.6. The fourth-order valence-electron chi connectivity index (χ4n) is 2.45. The van der Waals surface area contributed by atoms with Gasteiger partial charge in [0.15, 0.2) is 0 Å². The summed E-state index contributed by atoms with van der Waals surface area (Å²) in [6.07, 6.45) is 3.08. The van der Waals surface area contributed by atoms with E-state index >= 15 is 0 Å². The topological polar surface area (TPSA) is 55.5 Å². The van der Waals surface area contributed by atoms with Crippen molar-refractivity contribution in [1.29, 1.82) is 0 Å². The van der Waals surface area contributed by atoms with Gasteiger partial charge in [-0.15, -0.1) is 0 Å². The van der Waals surface area contributed by atoms with E-state index in [0.717, 1.165) is 24.3 Å². The van der Waals surface area contributed by atoms with E-state index in [9.17, 15) is 5.11 Å². The monoisotopic (exact) mass is 277 g/mol. The van der Waals surface area contributed by atoms with Crippen LogP contribution in [0.25, 0.3) is 0 Å². The molecule has 2 atom stereocenters. The van der Waals surface area contributed by atoms with Crippen molar-refractivity contribution in [2.45, 2.75) is 45.1 Å². The molecule has 0 spiro atoms. The van der Waals surface area contributed by atoms with Crippen LogP contribution >= 0.6 is 0 Å². The molecule has 3 nitrogen and oxygen atoms in total. The van der Waals surface area contributed by atoms with Crippen molar-refractivity contribution < 1.29 is 9.84 Å². The van der Waals surface area contributed by atoms with Gasteiger partial charge in [-0.3, -0.25) is 0 Å². The number of aliphatic hydroxyl groups is 1. The van der Waals surface area contributed by atoms with Crippen molar-refractivity contribution in [1.82, 2.24) is 0 Å². The van der Waals surface area contributed by atoms with Gasteiger partial charge in [-0.2, -0.15) is 0 Å². The Labute approximate surface area is 122 Å². The molecule has 1 aliphatic rings. The molecule has 0 radical (unpaired) electrons. The van der Waals surface area contributed by atoms with E-state index in [2.05, 4.69) is 13.8 Å². The standard InChI is InChI=1S/C17H27NO2/c1-12(2)11-20-15-7-5-14(6-8-15)16(10-18)17(19)9-13-3-4-13/h5-8,12-13,16-17,19H,3-4,9-11,18H2,1-2H3. The van der Waals surface area contributed by atoms with Crippen molar-refractivity contribution in [2.24, 2.45) is 17.6 Å². The minimum Gasteiger partial charge on any atom is -0.493 e. The molecule has 3 N–H and O–H groups in total. The highest BCUT2D eigenvalue weighted by atomic mass is 16.5. The summed E-state index contributed by atoms with van der Waals surface area (Å²) in [5.74, 6) is 2.16. The number of ether oxygens (including phenoxy) is 1. The number of aliphatic hydroxyl groups excluding tert-OH is 1. The Kier molecular flexibility index (Phi) is 5.44. The van der Waals surface area contributed by atoms with Crippen molar-refractivity contribution in [3.8, 4) is 5.75 Å². The molecule has 0 bridgehead atoms. The average molecular weight is 277 g/mol. The van der Waals surface area contributed by atoms with E-state index in [4.69, 9.17) is 10.5 Å². The van der Waals surface area contributed by atoms with E-state index in [1.54, 1.807) is 0 Å². The van der Waals surface area contributed by atoms with Crippen LogP contribution in [-0.2, 0) is 0 Å². The summed E-state index contributed by atoms with van der Waals surface area (Å²) in [6.45, 7) is 5.48. The molecule has 0 amide bonds. The summed E-state index contributed by atoms with van der Waals surface area (Å²) in [4.78, 5) is 0. The molecule has 0 aromatic heterocycles. The SMILES string of the molecule is CC(C)COc1ccc(C(CN)C(O)CC2CC2)cc1. The molecule has 112 valence electrons. The maximum atomic E-state index is 10.3. The van der Waals surface area contributed by atoms with Gasteiger partial charge >= 0.3 is 0 Å². The summed E-state index contributed by atoms with van der Waals surface area (Å²) in [5, 5.41) is 10.3. The van der Waals surface area contributed by atoms with Crippen LogP contribution in [0.1, 0.15) is 44.6 Å². The van der Waals surface area contributed by atoms with Gasteiger partial charge in [0.2, 0.25) is 0 Å². The first kappa shape index (κ1) is 15.3. The molecule has 1 aliphatic carbocycles. The largest absolute Gasteiger partial charge is 0.493 e. The van der Waals surface area contributed by atoms with Gasteiger partial charge in [-0.05, 0) is 36.0 Å². The minimum absolute atomic E-state index is 0.0368. The first-order valence-corrected chi connectivity index (χ1v) is 7.71. The maximum absolute atomic E-state index is 10.3. The number of nitrogens with two attached hydrogens (primary N) is 1. The third kappa shape index (κ3) is 4.50. The number of hydrogen-bond acceptors (Lipinski definition) is 3. The zero-order chi connectivity index (χ0) is 14.5. The quantitative estimate of drug-likeness (QED) is 0.768. The van der Waals surface area contributed by atoms with Crippen molar-refractivity contribution in [3.63, 3.8) is 0 Å². The molecule has 1 aromatic carbocycles. The summed E-state index contributed by atoms with van der Waals surface area (Å²) in [5.41, 5.74) is 6.96. The Bertz CT molecular complexity index is 398. The Hall–Kier alpha value is -1.06. The van der Waals surface area contributed by atoms with Crippen LogP contribution in [0, 0.1) is 11.8 Å². The number of benzene rings is 1. The van der Waals surface area contributed by atoms with Crippen LogP contribution in [0.2, 0.25) is 0 Å². The lowest BCUT2D eigenvalue weighted by Gasteiger charge is -2.22. The lowest BCUT2D eigenvalue weighted by Crippen LogP contribution is -2.26. The normalized spacial score (nSPS) is 18.1. The first-order chi connectivity index (χ1) is 9.60. The van der Waals surface area contributed by atoms with Crippen LogP contribution in [0.3, 0.4) is 0 Å². The van der Waals surface area contributed by atoms with E-state index in [1.165, 1.54) is 12.8 Å². The predicted molar refractivity (Wildman–Crippen MR) is 81.9 cm³/mol. The molecule has 1 fully saturated rings. The van der Waals surface area contributed by atoms with Crippen molar-refractivity contribution >= 4 is 0 Å². The molecule has 0 saturated heterocycles. The second-order valence-corrected chi connectivity index (χ2v) is 6.36. The third-order valence-electron chi connectivity index (χ3n) is 3.88. The Morgan fingerprint density at radius 3 is 2.40 bits per heavy atom. The van der Waals surface area contributed by atoms with Crippen LogP contribution in [0.15, 0.2) is 24.3 Å².